The molecule has 3 N–H and O–H groups in total. The maximum absolute atomic E-state index is 12.4. The lowest BCUT2D eigenvalue weighted by atomic mass is 10.1. The Labute approximate surface area is 158 Å². The van der Waals surface area contributed by atoms with Crippen LogP contribution in [0.25, 0.3) is 11.0 Å². The molecule has 9 nitrogen and oxygen atoms in total. The highest BCUT2D eigenvalue weighted by Gasteiger charge is 2.23. The minimum atomic E-state index is -3.62. The molecule has 0 aliphatic heterocycles. The van der Waals surface area contributed by atoms with Crippen LogP contribution in [-0.2, 0) is 14.6 Å². The van der Waals surface area contributed by atoms with Crippen molar-refractivity contribution in [3.8, 4) is 0 Å². The third kappa shape index (κ3) is 3.69. The van der Waals surface area contributed by atoms with Crippen LogP contribution in [0, 0.1) is 5.92 Å². The summed E-state index contributed by atoms with van der Waals surface area (Å²) in [6.07, 6.45) is 5.10. The lowest BCUT2D eigenvalue weighted by Gasteiger charge is -2.05. The standard InChI is InChI=1S/C16H16N4O5S2/c1-8(2)7-27(24,25)16-19-20-13(17)10(14(23)18-15(20)26-16)5-9-3-4-11(21)12(22)6-9/h3-6,8,22H,7,17H2,1-2H3. The van der Waals surface area contributed by atoms with Crippen LogP contribution in [0.15, 0.2) is 38.7 Å². The number of allylic oxidation sites excluding steroid dienone is 4. The first-order chi connectivity index (χ1) is 12.6. The summed E-state index contributed by atoms with van der Waals surface area (Å²) < 4.78 is 25.7. The highest BCUT2D eigenvalue weighted by Crippen LogP contribution is 2.24. The average molecular weight is 408 g/mol. The quantitative estimate of drug-likeness (QED) is 0.766. The minimum Gasteiger partial charge on any atom is -0.504 e. The summed E-state index contributed by atoms with van der Waals surface area (Å²) in [6, 6.07) is 0. The molecule has 0 unspecified atom stereocenters. The van der Waals surface area contributed by atoms with Gasteiger partial charge >= 0.3 is 0 Å². The molecule has 3 rings (SSSR count). The fourth-order valence-corrected chi connectivity index (χ4v) is 5.22. The Morgan fingerprint density at radius 2 is 2.04 bits per heavy atom. The van der Waals surface area contributed by atoms with E-state index >= 15 is 0 Å². The molecule has 0 fully saturated rings. The van der Waals surface area contributed by atoms with Crippen LogP contribution in [0.4, 0.5) is 5.82 Å². The van der Waals surface area contributed by atoms with E-state index in [1.165, 1.54) is 18.2 Å². The van der Waals surface area contributed by atoms with E-state index in [1.807, 2.05) is 0 Å². The van der Waals surface area contributed by atoms with Gasteiger partial charge in [0.15, 0.2) is 5.76 Å². The topological polar surface area (TPSA) is 145 Å². The third-order valence-electron chi connectivity index (χ3n) is 3.59. The van der Waals surface area contributed by atoms with Crippen molar-refractivity contribution in [1.82, 2.24) is 14.6 Å². The van der Waals surface area contributed by atoms with Gasteiger partial charge in [0.1, 0.15) is 5.82 Å². The number of carbonyl (C=O) groups is 1. The van der Waals surface area contributed by atoms with E-state index in [4.69, 9.17) is 5.73 Å². The number of sulfone groups is 1. The Hall–Kier alpha value is -2.79. The Balaban J connectivity index is 2.14. The molecule has 2 heterocycles. The van der Waals surface area contributed by atoms with Crippen LogP contribution >= 0.6 is 11.3 Å². The predicted octanol–water partition coefficient (Wildman–Crippen LogP) is 1.13. The van der Waals surface area contributed by atoms with Crippen molar-refractivity contribution >= 4 is 43.8 Å². The molecule has 0 saturated heterocycles. The Bertz CT molecular complexity index is 1200. The number of aliphatic hydroxyl groups excluding tert-OH is 1. The van der Waals surface area contributed by atoms with Crippen LogP contribution < -0.4 is 11.3 Å². The second-order valence-electron chi connectivity index (χ2n) is 6.32. The zero-order chi connectivity index (χ0) is 19.9. The zero-order valence-electron chi connectivity index (χ0n) is 14.4. The van der Waals surface area contributed by atoms with E-state index in [9.17, 15) is 23.1 Å². The van der Waals surface area contributed by atoms with Gasteiger partial charge < -0.3 is 10.8 Å². The molecule has 0 saturated carbocycles. The average Bonchev–Trinajstić information content (AvgIpc) is 2.98. The third-order valence-corrected chi connectivity index (χ3v) is 7.02. The number of carbonyl (C=O) groups excluding carboxylic acids is 1. The molecule has 142 valence electrons. The summed E-state index contributed by atoms with van der Waals surface area (Å²) in [5.41, 5.74) is 5.68. The number of ketones is 1. The van der Waals surface area contributed by atoms with Gasteiger partial charge in [0, 0.05) is 0 Å². The lowest BCUT2D eigenvalue weighted by Crippen LogP contribution is -2.17. The van der Waals surface area contributed by atoms with Gasteiger partial charge in [-0.25, -0.2) is 8.42 Å². The molecule has 0 bridgehead atoms. The second-order valence-corrected chi connectivity index (χ2v) is 9.49. The number of rotatable bonds is 4. The summed E-state index contributed by atoms with van der Waals surface area (Å²) in [4.78, 5) is 27.5. The lowest BCUT2D eigenvalue weighted by molar-refractivity contribution is -0.113. The molecule has 0 aromatic carbocycles. The fourth-order valence-electron chi connectivity index (χ4n) is 2.43. The van der Waals surface area contributed by atoms with E-state index < -0.39 is 26.9 Å². The van der Waals surface area contributed by atoms with Crippen molar-refractivity contribution in [3.05, 3.63) is 45.5 Å². The SMILES string of the molecule is CC(C)CS(=O)(=O)c1nn2c(N)c(C=C3C=CC(=O)C(O)=C3)c(=O)nc2s1. The van der Waals surface area contributed by atoms with E-state index in [0.29, 0.717) is 5.57 Å². The zero-order valence-corrected chi connectivity index (χ0v) is 16.0. The normalized spacial score (nSPS) is 16.5. The summed E-state index contributed by atoms with van der Waals surface area (Å²) in [6.45, 7) is 3.55. The van der Waals surface area contributed by atoms with Crippen LogP contribution in [0.2, 0.25) is 0 Å². The highest BCUT2D eigenvalue weighted by atomic mass is 32.2. The van der Waals surface area contributed by atoms with Gasteiger partial charge in [-0.3, -0.25) is 9.59 Å². The molecule has 0 amide bonds. The second kappa shape index (κ2) is 6.74. The summed E-state index contributed by atoms with van der Waals surface area (Å²) in [5.74, 6) is -1.28. The van der Waals surface area contributed by atoms with Crippen molar-refractivity contribution in [2.24, 2.45) is 5.92 Å². The molecule has 0 atom stereocenters. The molecule has 11 heteroatoms. The molecular weight excluding hydrogens is 392 g/mol. The van der Waals surface area contributed by atoms with Gasteiger partial charge in [0.05, 0.1) is 11.3 Å². The maximum atomic E-state index is 12.4. The first-order valence-electron chi connectivity index (χ1n) is 7.85. The van der Waals surface area contributed by atoms with E-state index in [1.54, 1.807) is 13.8 Å². The first-order valence-corrected chi connectivity index (χ1v) is 10.3. The predicted molar refractivity (Wildman–Crippen MR) is 101 cm³/mol. The van der Waals surface area contributed by atoms with Crippen LogP contribution in [0.3, 0.4) is 0 Å². The number of aliphatic hydroxyl groups is 1. The minimum absolute atomic E-state index is 0.0244. The van der Waals surface area contributed by atoms with Gasteiger partial charge in [-0.15, -0.1) is 5.10 Å². The Kier molecular flexibility index (Phi) is 4.74. The molecule has 0 spiro atoms. The monoisotopic (exact) mass is 408 g/mol. The number of nitrogens with zero attached hydrogens (tertiary/aromatic N) is 3. The molecule has 1 aliphatic carbocycles. The van der Waals surface area contributed by atoms with Gasteiger partial charge in [-0.2, -0.15) is 9.50 Å². The van der Waals surface area contributed by atoms with Crippen LogP contribution in [0.5, 0.6) is 0 Å². The molecule has 0 radical (unpaired) electrons. The summed E-state index contributed by atoms with van der Waals surface area (Å²) in [5, 5.41) is 13.5. The van der Waals surface area contributed by atoms with Gasteiger partial charge in [0.2, 0.25) is 24.9 Å². The largest absolute Gasteiger partial charge is 0.504 e. The summed E-state index contributed by atoms with van der Waals surface area (Å²) in [7, 11) is -3.62. The van der Waals surface area contributed by atoms with Crippen molar-refractivity contribution in [2.75, 3.05) is 11.5 Å². The molecular formula is C16H16N4O5S2. The van der Waals surface area contributed by atoms with Gasteiger partial charge in [-0.05, 0) is 29.7 Å². The number of anilines is 1. The number of hydrogen-bond donors (Lipinski definition) is 2. The van der Waals surface area contributed by atoms with E-state index in [-0.39, 0.29) is 32.4 Å². The van der Waals surface area contributed by atoms with Crippen molar-refractivity contribution in [3.63, 3.8) is 0 Å². The van der Waals surface area contributed by atoms with Crippen LogP contribution in [-0.4, -0.2) is 39.7 Å². The molecule has 2 aromatic heterocycles. The summed E-state index contributed by atoms with van der Waals surface area (Å²) >= 11 is 0.772. The van der Waals surface area contributed by atoms with Gasteiger partial charge in [0.25, 0.3) is 5.56 Å². The molecule has 2 aromatic rings. The number of nitrogen functional groups attached to an aromatic ring is 1. The number of fused-ring (bicyclic) bond motifs is 1. The van der Waals surface area contributed by atoms with E-state index in [0.717, 1.165) is 21.9 Å². The number of nitrogens with two attached hydrogens (primary N) is 1. The Morgan fingerprint density at radius 3 is 2.67 bits per heavy atom. The number of aromatic nitrogens is 3. The molecule has 27 heavy (non-hydrogen) atoms. The fraction of sp³-hybridized carbons (Fsp3) is 0.250. The van der Waals surface area contributed by atoms with Crippen molar-refractivity contribution in [2.45, 2.75) is 18.2 Å². The van der Waals surface area contributed by atoms with Gasteiger partial charge in [-0.1, -0.05) is 31.3 Å². The van der Waals surface area contributed by atoms with Crippen molar-refractivity contribution in [1.29, 1.82) is 0 Å². The smallest absolute Gasteiger partial charge is 0.283 e. The van der Waals surface area contributed by atoms with Crippen LogP contribution in [0.1, 0.15) is 19.4 Å². The van der Waals surface area contributed by atoms with E-state index in [2.05, 4.69) is 10.1 Å². The maximum Gasteiger partial charge on any atom is 0.283 e. The first kappa shape index (κ1) is 19.0. The number of hydrogen-bond acceptors (Lipinski definition) is 9. The highest BCUT2D eigenvalue weighted by molar-refractivity contribution is 7.93. The molecule has 1 aliphatic rings. The Morgan fingerprint density at radius 1 is 1.33 bits per heavy atom. The van der Waals surface area contributed by atoms with Crippen molar-refractivity contribution < 1.29 is 18.3 Å².